The fraction of sp³-hybridized carbons (Fsp3) is 0.462. The van der Waals surface area contributed by atoms with Gasteiger partial charge in [0.05, 0.1) is 6.04 Å². The van der Waals surface area contributed by atoms with Gasteiger partial charge in [0.1, 0.15) is 18.1 Å². The van der Waals surface area contributed by atoms with Crippen molar-refractivity contribution in [1.29, 1.82) is 0 Å². The number of nitrogens with two attached hydrogens (primary N) is 2. The van der Waals surface area contributed by atoms with Crippen LogP contribution in [0.1, 0.15) is 45.1 Å². The number of fused-ring (bicyclic) bond motifs is 1. The van der Waals surface area contributed by atoms with Crippen molar-refractivity contribution < 1.29 is 39.0 Å². The summed E-state index contributed by atoms with van der Waals surface area (Å²) < 4.78 is 0. The maximum absolute atomic E-state index is 13.5. The first-order valence-electron chi connectivity index (χ1n) is 12.7. The quantitative estimate of drug-likeness (QED) is 0.130. The molecule has 0 bridgehead atoms. The predicted octanol–water partition coefficient (Wildman–Crippen LogP) is -0.637. The van der Waals surface area contributed by atoms with Gasteiger partial charge in [-0.15, -0.1) is 0 Å². The number of carbonyl (C=O) groups is 6. The van der Waals surface area contributed by atoms with E-state index in [4.69, 9.17) is 16.6 Å². The largest absolute Gasteiger partial charge is 0.481 e. The summed E-state index contributed by atoms with van der Waals surface area (Å²) in [6.45, 7) is 3.48. The molecular formula is C26H36N6O8. The smallest absolute Gasteiger partial charge is 0.326 e. The van der Waals surface area contributed by atoms with Crippen molar-refractivity contribution in [2.75, 3.05) is 0 Å². The van der Waals surface area contributed by atoms with Gasteiger partial charge in [-0.05, 0) is 30.4 Å². The second kappa shape index (κ2) is 14.6. The Morgan fingerprint density at radius 1 is 0.850 bits per heavy atom. The summed E-state index contributed by atoms with van der Waals surface area (Å²) in [5.41, 5.74) is 12.7. The van der Waals surface area contributed by atoms with Gasteiger partial charge in [-0.25, -0.2) is 4.79 Å². The third kappa shape index (κ3) is 9.38. The molecule has 2 aromatic rings. The number of benzene rings is 1. The first-order chi connectivity index (χ1) is 18.8. The molecule has 10 N–H and O–H groups in total. The van der Waals surface area contributed by atoms with E-state index in [0.717, 1.165) is 10.9 Å². The molecule has 0 spiro atoms. The second-order valence-corrected chi connectivity index (χ2v) is 9.79. The minimum atomic E-state index is -1.55. The highest BCUT2D eigenvalue weighted by Gasteiger charge is 2.31. The lowest BCUT2D eigenvalue weighted by Crippen LogP contribution is -2.58. The molecule has 0 fully saturated rings. The summed E-state index contributed by atoms with van der Waals surface area (Å²) in [5.74, 6) is -6.05. The number of aromatic nitrogens is 1. The SMILES string of the molecule is CC(C)C(N)C(=O)NC(Cc1c[nH]c2ccccc12)C(=O)NC(CCC(N)=O)C(=O)NC(CCC(=O)O)C(=O)O. The Hall–Kier alpha value is -4.46. The monoisotopic (exact) mass is 560 g/mol. The van der Waals surface area contributed by atoms with Crippen LogP contribution in [0.5, 0.6) is 0 Å². The van der Waals surface area contributed by atoms with Crippen molar-refractivity contribution >= 4 is 46.5 Å². The summed E-state index contributed by atoms with van der Waals surface area (Å²) in [6.07, 6.45) is 0.202. The van der Waals surface area contributed by atoms with Crippen LogP contribution in [-0.4, -0.2) is 74.9 Å². The highest BCUT2D eigenvalue weighted by Crippen LogP contribution is 2.19. The first kappa shape index (κ1) is 31.8. The van der Waals surface area contributed by atoms with E-state index >= 15 is 0 Å². The van der Waals surface area contributed by atoms with Crippen LogP contribution in [0.15, 0.2) is 30.5 Å². The van der Waals surface area contributed by atoms with Crippen molar-refractivity contribution in [3.63, 3.8) is 0 Å². The molecule has 0 aliphatic rings. The van der Waals surface area contributed by atoms with Crippen LogP contribution in [0, 0.1) is 5.92 Å². The number of aromatic amines is 1. The van der Waals surface area contributed by atoms with Crippen molar-refractivity contribution in [2.45, 2.75) is 70.1 Å². The predicted molar refractivity (Wildman–Crippen MR) is 144 cm³/mol. The number of amides is 4. The third-order valence-electron chi connectivity index (χ3n) is 6.33. The van der Waals surface area contributed by atoms with Gasteiger partial charge >= 0.3 is 11.9 Å². The second-order valence-electron chi connectivity index (χ2n) is 9.79. The minimum absolute atomic E-state index is 0.0208. The standard InChI is InChI=1S/C26H36N6O8/c1-13(2)22(28)25(38)32-19(11-14-12-29-16-6-4-3-5-15(14)16)24(37)30-17(7-9-20(27)33)23(36)31-18(26(39)40)8-10-21(34)35/h3-6,12-13,17-19,22,29H,7-11,28H2,1-2H3,(H2,27,33)(H,30,37)(H,31,36)(H,32,38)(H,34,35)(H,39,40). The van der Waals surface area contributed by atoms with Gasteiger partial charge in [0.25, 0.3) is 0 Å². The molecule has 4 unspecified atom stereocenters. The number of primary amides is 1. The number of carbonyl (C=O) groups excluding carboxylic acids is 4. The summed E-state index contributed by atoms with van der Waals surface area (Å²) >= 11 is 0. The minimum Gasteiger partial charge on any atom is -0.481 e. The molecule has 0 radical (unpaired) electrons. The van der Waals surface area contributed by atoms with Crippen LogP contribution in [0.3, 0.4) is 0 Å². The Morgan fingerprint density at radius 2 is 1.43 bits per heavy atom. The molecule has 2 rings (SSSR count). The lowest BCUT2D eigenvalue weighted by Gasteiger charge is -2.25. The van der Waals surface area contributed by atoms with Crippen LogP contribution in [0.4, 0.5) is 0 Å². The van der Waals surface area contributed by atoms with E-state index in [-0.39, 0.29) is 25.2 Å². The van der Waals surface area contributed by atoms with E-state index in [1.165, 1.54) is 0 Å². The molecule has 40 heavy (non-hydrogen) atoms. The van der Waals surface area contributed by atoms with Gasteiger partial charge in [0.15, 0.2) is 0 Å². The highest BCUT2D eigenvalue weighted by molar-refractivity contribution is 5.95. The molecule has 0 saturated carbocycles. The van der Waals surface area contributed by atoms with E-state index in [1.807, 2.05) is 24.3 Å². The zero-order chi connectivity index (χ0) is 30.0. The Balaban J connectivity index is 2.31. The van der Waals surface area contributed by atoms with Crippen LogP contribution in [0.2, 0.25) is 0 Å². The van der Waals surface area contributed by atoms with Gasteiger partial charge in [-0.2, -0.15) is 0 Å². The third-order valence-corrected chi connectivity index (χ3v) is 6.33. The number of nitrogens with one attached hydrogen (secondary N) is 4. The highest BCUT2D eigenvalue weighted by atomic mass is 16.4. The van der Waals surface area contributed by atoms with E-state index in [1.54, 1.807) is 20.0 Å². The molecule has 0 saturated heterocycles. The zero-order valence-corrected chi connectivity index (χ0v) is 22.3. The maximum Gasteiger partial charge on any atom is 0.326 e. The van der Waals surface area contributed by atoms with Crippen molar-refractivity contribution in [2.24, 2.45) is 17.4 Å². The zero-order valence-electron chi connectivity index (χ0n) is 22.3. The Morgan fingerprint density at radius 3 is 2.02 bits per heavy atom. The number of carboxylic acid groups (broad SMARTS) is 2. The summed E-state index contributed by atoms with van der Waals surface area (Å²) in [5, 5.41) is 26.4. The molecule has 14 heteroatoms. The van der Waals surface area contributed by atoms with E-state index in [2.05, 4.69) is 20.9 Å². The maximum atomic E-state index is 13.5. The number of aliphatic carboxylic acids is 2. The van der Waals surface area contributed by atoms with Crippen molar-refractivity contribution in [1.82, 2.24) is 20.9 Å². The number of carboxylic acids is 2. The molecule has 1 heterocycles. The molecule has 1 aromatic heterocycles. The Kier molecular flexibility index (Phi) is 11.6. The first-order valence-corrected chi connectivity index (χ1v) is 12.7. The molecule has 4 amide bonds. The van der Waals surface area contributed by atoms with Gasteiger partial charge in [0.2, 0.25) is 23.6 Å². The van der Waals surface area contributed by atoms with E-state index < -0.39 is 72.6 Å². The molecule has 4 atom stereocenters. The van der Waals surface area contributed by atoms with Gasteiger partial charge in [0, 0.05) is 36.4 Å². The molecule has 1 aromatic carbocycles. The van der Waals surface area contributed by atoms with Crippen molar-refractivity contribution in [3.05, 3.63) is 36.0 Å². The average Bonchev–Trinajstić information content (AvgIpc) is 3.29. The normalized spacial score (nSPS) is 14.1. The fourth-order valence-electron chi connectivity index (χ4n) is 3.93. The topological polar surface area (TPSA) is 247 Å². The summed E-state index contributed by atoms with van der Waals surface area (Å²) in [6, 6.07) is 2.25. The van der Waals surface area contributed by atoms with Crippen LogP contribution in [-0.2, 0) is 35.2 Å². The van der Waals surface area contributed by atoms with Crippen molar-refractivity contribution in [3.8, 4) is 0 Å². The van der Waals surface area contributed by atoms with Crippen LogP contribution in [0.25, 0.3) is 10.9 Å². The van der Waals surface area contributed by atoms with E-state index in [0.29, 0.717) is 5.56 Å². The number of hydrogen-bond acceptors (Lipinski definition) is 7. The van der Waals surface area contributed by atoms with Crippen LogP contribution >= 0.6 is 0 Å². The molecule has 0 aliphatic carbocycles. The molecular weight excluding hydrogens is 524 g/mol. The fourth-order valence-corrected chi connectivity index (χ4v) is 3.93. The lowest BCUT2D eigenvalue weighted by atomic mass is 10.0. The lowest BCUT2D eigenvalue weighted by molar-refractivity contribution is -0.143. The summed E-state index contributed by atoms with van der Waals surface area (Å²) in [4.78, 5) is 76.2. The number of H-pyrrole nitrogens is 1. The number of rotatable bonds is 16. The molecule has 14 nitrogen and oxygen atoms in total. The van der Waals surface area contributed by atoms with E-state index in [9.17, 15) is 33.9 Å². The number of para-hydroxylation sites is 1. The Labute approximate surface area is 230 Å². The van der Waals surface area contributed by atoms with Crippen LogP contribution < -0.4 is 27.4 Å². The molecule has 218 valence electrons. The van der Waals surface area contributed by atoms with Gasteiger partial charge in [-0.1, -0.05) is 32.0 Å². The van der Waals surface area contributed by atoms with Gasteiger partial charge in [-0.3, -0.25) is 24.0 Å². The Bertz CT molecular complexity index is 1240. The number of hydrogen-bond donors (Lipinski definition) is 8. The average molecular weight is 561 g/mol. The summed E-state index contributed by atoms with van der Waals surface area (Å²) in [7, 11) is 0. The molecule has 0 aliphatic heterocycles. The van der Waals surface area contributed by atoms with Gasteiger partial charge < -0.3 is 42.6 Å².